The van der Waals surface area contributed by atoms with Gasteiger partial charge < -0.3 is 10.1 Å². The van der Waals surface area contributed by atoms with Gasteiger partial charge in [-0.15, -0.1) is 0 Å². The zero-order valence-corrected chi connectivity index (χ0v) is 14.9. The fourth-order valence-corrected chi connectivity index (χ4v) is 3.65. The second kappa shape index (κ2) is 6.50. The second-order valence-corrected chi connectivity index (χ2v) is 7.28. The van der Waals surface area contributed by atoms with Crippen molar-refractivity contribution in [3.05, 3.63) is 29.3 Å². The van der Waals surface area contributed by atoms with E-state index in [0.717, 1.165) is 28.9 Å². The molecular formula is C19H24N2O4. The van der Waals surface area contributed by atoms with Gasteiger partial charge in [-0.05, 0) is 56.6 Å². The predicted molar refractivity (Wildman–Crippen MR) is 92.2 cm³/mol. The number of imide groups is 1. The summed E-state index contributed by atoms with van der Waals surface area (Å²) < 4.78 is 5.41. The maximum absolute atomic E-state index is 12.8. The molecule has 0 unspecified atom stereocenters. The van der Waals surface area contributed by atoms with Gasteiger partial charge in [-0.1, -0.05) is 25.1 Å². The number of nitrogens with one attached hydrogen (secondary N) is 1. The molecule has 0 aromatic heterocycles. The molecule has 6 heteroatoms. The molecule has 134 valence electrons. The molecule has 2 aliphatic rings. The fourth-order valence-electron chi connectivity index (χ4n) is 3.65. The minimum absolute atomic E-state index is 0.303. The van der Waals surface area contributed by atoms with E-state index in [1.807, 2.05) is 32.0 Å². The summed E-state index contributed by atoms with van der Waals surface area (Å²) in [5.74, 6) is 0.129. The Morgan fingerprint density at radius 3 is 2.44 bits per heavy atom. The monoisotopic (exact) mass is 344 g/mol. The van der Waals surface area contributed by atoms with E-state index in [1.54, 1.807) is 0 Å². The Morgan fingerprint density at radius 2 is 1.84 bits per heavy atom. The summed E-state index contributed by atoms with van der Waals surface area (Å²) in [6, 6.07) is 5.08. The molecular weight excluding hydrogens is 320 g/mol. The van der Waals surface area contributed by atoms with E-state index >= 15 is 0 Å². The molecule has 1 heterocycles. The molecule has 0 bridgehead atoms. The number of nitrogens with zero attached hydrogens (tertiary/aromatic N) is 1. The molecule has 1 aromatic rings. The Bertz CT molecular complexity index is 700. The van der Waals surface area contributed by atoms with Crippen molar-refractivity contribution in [2.75, 3.05) is 6.54 Å². The zero-order chi connectivity index (χ0) is 18.2. The second-order valence-electron chi connectivity index (χ2n) is 7.28. The van der Waals surface area contributed by atoms with E-state index in [-0.39, 0.29) is 12.5 Å². The van der Waals surface area contributed by atoms with E-state index in [4.69, 9.17) is 4.74 Å². The maximum Gasteiger partial charge on any atom is 0.331 e. The number of rotatable bonds is 3. The van der Waals surface area contributed by atoms with Crippen molar-refractivity contribution in [3.63, 3.8) is 0 Å². The van der Waals surface area contributed by atoms with Crippen LogP contribution in [0, 0.1) is 19.8 Å². The number of carbonyl (C=O) groups excluding carboxylic acids is 3. The SMILES string of the molecule is Cc1cccc(C)c1OC(=O)CN1C(=O)NC2(CCC(C)CC2)C1=O. The lowest BCUT2D eigenvalue weighted by Gasteiger charge is -2.33. The zero-order valence-electron chi connectivity index (χ0n) is 14.9. The lowest BCUT2D eigenvalue weighted by atomic mass is 9.77. The molecule has 1 aliphatic heterocycles. The molecule has 2 fully saturated rings. The van der Waals surface area contributed by atoms with Gasteiger partial charge in [0, 0.05) is 0 Å². The predicted octanol–water partition coefficient (Wildman–Crippen LogP) is 2.71. The van der Waals surface area contributed by atoms with Crippen LogP contribution >= 0.6 is 0 Å². The normalized spacial score (nSPS) is 26.0. The lowest BCUT2D eigenvalue weighted by molar-refractivity contribution is -0.141. The molecule has 25 heavy (non-hydrogen) atoms. The van der Waals surface area contributed by atoms with Gasteiger partial charge in [-0.2, -0.15) is 0 Å². The summed E-state index contributed by atoms with van der Waals surface area (Å²) in [5.41, 5.74) is 0.842. The van der Waals surface area contributed by atoms with Gasteiger partial charge >= 0.3 is 12.0 Å². The van der Waals surface area contributed by atoms with Gasteiger partial charge in [0.1, 0.15) is 17.8 Å². The minimum atomic E-state index is -0.831. The van der Waals surface area contributed by atoms with Gasteiger partial charge in [0.2, 0.25) is 0 Å². The van der Waals surface area contributed by atoms with E-state index in [0.29, 0.717) is 24.5 Å². The molecule has 1 saturated heterocycles. The molecule has 1 spiro atoms. The first-order valence-corrected chi connectivity index (χ1v) is 8.73. The molecule has 3 rings (SSSR count). The number of hydrogen-bond donors (Lipinski definition) is 1. The fraction of sp³-hybridized carbons (Fsp3) is 0.526. The van der Waals surface area contributed by atoms with Crippen LogP contribution in [0.5, 0.6) is 5.75 Å². The molecule has 6 nitrogen and oxygen atoms in total. The van der Waals surface area contributed by atoms with E-state index < -0.39 is 17.5 Å². The van der Waals surface area contributed by atoms with Crippen LogP contribution in [-0.2, 0) is 9.59 Å². The summed E-state index contributed by atoms with van der Waals surface area (Å²) >= 11 is 0. The maximum atomic E-state index is 12.8. The van der Waals surface area contributed by atoms with E-state index in [9.17, 15) is 14.4 Å². The molecule has 1 saturated carbocycles. The van der Waals surface area contributed by atoms with Gasteiger partial charge in [0.15, 0.2) is 0 Å². The van der Waals surface area contributed by atoms with Crippen molar-refractivity contribution in [2.45, 2.75) is 52.0 Å². The number of amides is 3. The van der Waals surface area contributed by atoms with Gasteiger partial charge in [-0.3, -0.25) is 9.69 Å². The smallest absolute Gasteiger partial charge is 0.331 e. The Morgan fingerprint density at radius 1 is 1.24 bits per heavy atom. The summed E-state index contributed by atoms with van der Waals surface area (Å²) in [6.07, 6.45) is 3.04. The van der Waals surface area contributed by atoms with Crippen molar-refractivity contribution in [2.24, 2.45) is 5.92 Å². The summed E-state index contributed by atoms with van der Waals surface area (Å²) in [7, 11) is 0. The van der Waals surface area contributed by atoms with Crippen molar-refractivity contribution < 1.29 is 19.1 Å². The Kier molecular flexibility index (Phi) is 4.54. The Balaban J connectivity index is 1.69. The van der Waals surface area contributed by atoms with Gasteiger partial charge in [-0.25, -0.2) is 9.59 Å². The third-order valence-electron chi connectivity index (χ3n) is 5.29. The first-order valence-electron chi connectivity index (χ1n) is 8.73. The van der Waals surface area contributed by atoms with Crippen LogP contribution in [0.3, 0.4) is 0 Å². The van der Waals surface area contributed by atoms with Crippen LogP contribution in [0.1, 0.15) is 43.7 Å². The molecule has 1 aromatic carbocycles. The van der Waals surface area contributed by atoms with E-state index in [2.05, 4.69) is 12.2 Å². The minimum Gasteiger partial charge on any atom is -0.425 e. The van der Waals surface area contributed by atoms with Crippen LogP contribution in [0.25, 0.3) is 0 Å². The van der Waals surface area contributed by atoms with Crippen LogP contribution in [0.15, 0.2) is 18.2 Å². The third kappa shape index (κ3) is 3.25. The standard InChI is InChI=1S/C19H24N2O4/c1-12-7-9-19(10-8-12)17(23)21(18(24)20-19)11-15(22)25-16-13(2)5-4-6-14(16)3/h4-6,12H,7-11H2,1-3H3,(H,20,24). The number of urea groups is 1. The van der Waals surface area contributed by atoms with Crippen molar-refractivity contribution in [1.82, 2.24) is 10.2 Å². The molecule has 0 radical (unpaired) electrons. The molecule has 0 atom stereocenters. The Labute approximate surface area is 147 Å². The molecule has 1 aliphatic carbocycles. The van der Waals surface area contributed by atoms with Crippen molar-refractivity contribution in [3.8, 4) is 5.75 Å². The summed E-state index contributed by atoms with van der Waals surface area (Å²) in [5, 5.41) is 2.81. The first kappa shape index (κ1) is 17.5. The number of ether oxygens (including phenoxy) is 1. The van der Waals surface area contributed by atoms with Crippen LogP contribution < -0.4 is 10.1 Å². The Hall–Kier alpha value is -2.37. The number of para-hydroxylation sites is 1. The average molecular weight is 344 g/mol. The van der Waals surface area contributed by atoms with Crippen molar-refractivity contribution >= 4 is 17.9 Å². The summed E-state index contributed by atoms with van der Waals surface area (Å²) in [6.45, 7) is 5.48. The van der Waals surface area contributed by atoms with Gasteiger partial charge in [0.25, 0.3) is 5.91 Å². The van der Waals surface area contributed by atoms with Crippen LogP contribution in [0.2, 0.25) is 0 Å². The number of carbonyl (C=O) groups is 3. The highest BCUT2D eigenvalue weighted by Gasteiger charge is 2.52. The highest BCUT2D eigenvalue weighted by Crippen LogP contribution is 2.36. The number of esters is 1. The molecule has 3 amide bonds. The largest absolute Gasteiger partial charge is 0.425 e. The lowest BCUT2D eigenvalue weighted by Crippen LogP contribution is -2.49. The third-order valence-corrected chi connectivity index (χ3v) is 5.29. The number of benzene rings is 1. The highest BCUT2D eigenvalue weighted by atomic mass is 16.5. The average Bonchev–Trinajstić information content (AvgIpc) is 2.79. The number of hydrogen-bond acceptors (Lipinski definition) is 4. The quantitative estimate of drug-likeness (QED) is 0.520. The summed E-state index contributed by atoms with van der Waals surface area (Å²) in [4.78, 5) is 38.3. The topological polar surface area (TPSA) is 75.7 Å². The van der Waals surface area contributed by atoms with E-state index in [1.165, 1.54) is 0 Å². The van der Waals surface area contributed by atoms with Gasteiger partial charge in [0.05, 0.1) is 0 Å². The number of aryl methyl sites for hydroxylation is 2. The van der Waals surface area contributed by atoms with Crippen molar-refractivity contribution in [1.29, 1.82) is 0 Å². The van der Waals surface area contributed by atoms with Crippen LogP contribution in [-0.4, -0.2) is 34.9 Å². The molecule has 1 N–H and O–H groups in total. The van der Waals surface area contributed by atoms with Crippen LogP contribution in [0.4, 0.5) is 4.79 Å². The highest BCUT2D eigenvalue weighted by molar-refractivity contribution is 6.08. The first-order chi connectivity index (χ1) is 11.8.